The topological polar surface area (TPSA) is 85.9 Å². The molecular weight excluding hydrogens is 414 g/mol. The summed E-state index contributed by atoms with van der Waals surface area (Å²) in [7, 11) is 0. The van der Waals surface area contributed by atoms with Crippen LogP contribution in [0.4, 0.5) is 0 Å². The Labute approximate surface area is 161 Å². The number of aromatic nitrogens is 3. The van der Waals surface area contributed by atoms with E-state index in [2.05, 4.69) is 41.6 Å². The van der Waals surface area contributed by atoms with Crippen LogP contribution in [-0.2, 0) is 0 Å². The van der Waals surface area contributed by atoms with Crippen molar-refractivity contribution >= 4 is 50.3 Å². The number of aromatic amines is 2. The number of rotatable bonds is 4. The number of nitrogens with one attached hydrogen (secondary N) is 3. The molecule has 0 bridgehead atoms. The molecule has 0 aliphatic rings. The Balaban J connectivity index is 1.49. The Hall–Kier alpha value is -2.71. The van der Waals surface area contributed by atoms with Crippen LogP contribution >= 0.6 is 27.3 Å². The number of fused-ring (bicyclic) bond motifs is 1. The second-order valence-corrected chi connectivity index (χ2v) is 8.14. The fourth-order valence-electron chi connectivity index (χ4n) is 2.70. The van der Waals surface area contributed by atoms with Gasteiger partial charge in [-0.1, -0.05) is 18.2 Å². The smallest absolute Gasteiger partial charge is 0.291 e. The molecule has 4 rings (SSSR count). The van der Waals surface area contributed by atoms with Gasteiger partial charge in [-0.25, -0.2) is 5.43 Å². The van der Waals surface area contributed by atoms with Gasteiger partial charge in [0.15, 0.2) is 5.69 Å². The number of halogens is 1. The van der Waals surface area contributed by atoms with Gasteiger partial charge in [0.05, 0.1) is 20.6 Å². The highest BCUT2D eigenvalue weighted by molar-refractivity contribution is 9.11. The van der Waals surface area contributed by atoms with Crippen molar-refractivity contribution in [3.05, 3.63) is 63.2 Å². The molecule has 0 aliphatic carbocycles. The number of hydrazone groups is 1. The van der Waals surface area contributed by atoms with Crippen LogP contribution in [0.2, 0.25) is 0 Å². The van der Waals surface area contributed by atoms with E-state index in [4.69, 9.17) is 0 Å². The highest BCUT2D eigenvalue weighted by atomic mass is 79.9. The third-order valence-corrected chi connectivity index (χ3v) is 5.61. The summed E-state index contributed by atoms with van der Waals surface area (Å²) in [6, 6.07) is 13.6. The minimum absolute atomic E-state index is 0.289. The van der Waals surface area contributed by atoms with Gasteiger partial charge < -0.3 is 4.98 Å². The lowest BCUT2D eigenvalue weighted by atomic mass is 10.1. The zero-order chi connectivity index (χ0) is 18.1. The number of carbonyl (C=O) groups excluding carboxylic acids is 1. The van der Waals surface area contributed by atoms with Crippen LogP contribution in [0.1, 0.15) is 21.7 Å². The molecule has 130 valence electrons. The molecule has 3 aromatic heterocycles. The molecule has 0 atom stereocenters. The normalized spacial score (nSPS) is 11.5. The number of carbonyl (C=O) groups is 1. The summed E-state index contributed by atoms with van der Waals surface area (Å²) in [5.41, 5.74) is 6.60. The number of amides is 1. The Morgan fingerprint density at radius 3 is 2.96 bits per heavy atom. The van der Waals surface area contributed by atoms with E-state index in [1.54, 1.807) is 23.6 Å². The van der Waals surface area contributed by atoms with Gasteiger partial charge in [0, 0.05) is 22.2 Å². The molecule has 6 nitrogen and oxygen atoms in total. The number of H-pyrrole nitrogens is 2. The molecule has 1 amide bonds. The minimum Gasteiger partial charge on any atom is -0.358 e. The van der Waals surface area contributed by atoms with Crippen LogP contribution in [0.25, 0.3) is 21.5 Å². The van der Waals surface area contributed by atoms with E-state index in [9.17, 15) is 4.79 Å². The third kappa shape index (κ3) is 3.21. The maximum Gasteiger partial charge on any atom is 0.291 e. The van der Waals surface area contributed by atoms with Crippen LogP contribution in [-0.4, -0.2) is 27.3 Å². The summed E-state index contributed by atoms with van der Waals surface area (Å²) in [5, 5.41) is 12.1. The first-order valence-electron chi connectivity index (χ1n) is 7.83. The molecule has 0 spiro atoms. The highest BCUT2D eigenvalue weighted by Gasteiger charge is 2.12. The van der Waals surface area contributed by atoms with Crippen LogP contribution in [0.5, 0.6) is 0 Å². The average molecular weight is 428 g/mol. The van der Waals surface area contributed by atoms with Crippen LogP contribution in [0.15, 0.2) is 51.4 Å². The van der Waals surface area contributed by atoms with Crippen molar-refractivity contribution in [2.45, 2.75) is 6.92 Å². The van der Waals surface area contributed by atoms with E-state index in [1.807, 2.05) is 43.3 Å². The summed E-state index contributed by atoms with van der Waals surface area (Å²) in [6.45, 7) is 1.97. The maximum absolute atomic E-state index is 12.3. The molecule has 0 saturated heterocycles. The number of hydrogen-bond acceptors (Lipinski definition) is 4. The molecule has 3 N–H and O–H groups in total. The molecule has 0 fully saturated rings. The number of nitrogens with zero attached hydrogens (tertiary/aromatic N) is 2. The van der Waals surface area contributed by atoms with Crippen molar-refractivity contribution in [2.75, 3.05) is 0 Å². The monoisotopic (exact) mass is 427 g/mol. The Morgan fingerprint density at radius 2 is 2.15 bits per heavy atom. The maximum atomic E-state index is 12.3. The largest absolute Gasteiger partial charge is 0.358 e. The fraction of sp³-hybridized carbons (Fsp3) is 0.0556. The van der Waals surface area contributed by atoms with E-state index < -0.39 is 0 Å². The quantitative estimate of drug-likeness (QED) is 0.331. The first-order chi connectivity index (χ1) is 12.6. The molecule has 0 aliphatic heterocycles. The van der Waals surface area contributed by atoms with Crippen LogP contribution in [0.3, 0.4) is 0 Å². The van der Waals surface area contributed by atoms with Crippen molar-refractivity contribution in [3.8, 4) is 10.6 Å². The molecular formula is C18H14BrN5OS. The lowest BCUT2D eigenvalue weighted by molar-refractivity contribution is 0.0950. The lowest BCUT2D eigenvalue weighted by Crippen LogP contribution is -2.18. The molecule has 8 heteroatoms. The second-order valence-electron chi connectivity index (χ2n) is 5.68. The van der Waals surface area contributed by atoms with Crippen molar-refractivity contribution in [2.24, 2.45) is 5.10 Å². The molecule has 3 heterocycles. The minimum atomic E-state index is -0.364. The van der Waals surface area contributed by atoms with Crippen molar-refractivity contribution in [1.82, 2.24) is 20.6 Å². The first kappa shape index (κ1) is 16.7. The third-order valence-electron chi connectivity index (χ3n) is 3.95. The highest BCUT2D eigenvalue weighted by Crippen LogP contribution is 2.30. The van der Waals surface area contributed by atoms with Gasteiger partial charge in [-0.3, -0.25) is 9.89 Å². The molecule has 26 heavy (non-hydrogen) atoms. The predicted molar refractivity (Wildman–Crippen MR) is 108 cm³/mol. The van der Waals surface area contributed by atoms with E-state index in [1.165, 1.54) is 0 Å². The second kappa shape index (κ2) is 6.89. The zero-order valence-electron chi connectivity index (χ0n) is 13.7. The standard InChI is InChI=1S/C18H14BrN5OS/c1-10-12(11-4-2-3-5-13(11)21-10)9-20-24-18(25)15-8-14(22-23-15)16-6-7-17(19)26-16/h2-9,21H,1H3,(H,22,23)(H,24,25)/b20-9-. The summed E-state index contributed by atoms with van der Waals surface area (Å²) in [5.74, 6) is -0.364. The van der Waals surface area contributed by atoms with E-state index in [0.717, 1.165) is 36.5 Å². The zero-order valence-corrected chi connectivity index (χ0v) is 16.1. The van der Waals surface area contributed by atoms with Crippen LogP contribution < -0.4 is 5.43 Å². The van der Waals surface area contributed by atoms with E-state index in [0.29, 0.717) is 0 Å². The van der Waals surface area contributed by atoms with Crippen LogP contribution in [0, 0.1) is 6.92 Å². The van der Waals surface area contributed by atoms with Gasteiger partial charge >= 0.3 is 0 Å². The molecule has 0 unspecified atom stereocenters. The van der Waals surface area contributed by atoms with E-state index >= 15 is 0 Å². The number of aryl methyl sites for hydroxylation is 1. The fourth-order valence-corrected chi connectivity index (χ4v) is 4.05. The van der Waals surface area contributed by atoms with Gasteiger partial charge in [-0.2, -0.15) is 10.2 Å². The molecule has 4 aromatic rings. The first-order valence-corrected chi connectivity index (χ1v) is 9.44. The summed E-state index contributed by atoms with van der Waals surface area (Å²) >= 11 is 4.99. The summed E-state index contributed by atoms with van der Waals surface area (Å²) in [6.07, 6.45) is 1.65. The Kier molecular flexibility index (Phi) is 4.44. The van der Waals surface area contributed by atoms with Gasteiger partial charge in [-0.15, -0.1) is 11.3 Å². The van der Waals surface area contributed by atoms with E-state index in [-0.39, 0.29) is 11.6 Å². The SMILES string of the molecule is Cc1[nH]c2ccccc2c1/C=N\NC(=O)c1cc(-c2ccc(Br)s2)[nH]n1. The van der Waals surface area contributed by atoms with Gasteiger partial charge in [-0.05, 0) is 47.1 Å². The molecule has 0 saturated carbocycles. The lowest BCUT2D eigenvalue weighted by Gasteiger charge is -1.96. The average Bonchev–Trinajstić information content (AvgIpc) is 3.34. The summed E-state index contributed by atoms with van der Waals surface area (Å²) < 4.78 is 1.02. The Morgan fingerprint density at radius 1 is 1.31 bits per heavy atom. The number of para-hydroxylation sites is 1. The number of hydrogen-bond donors (Lipinski definition) is 3. The number of thiophene rings is 1. The van der Waals surface area contributed by atoms with Crippen molar-refractivity contribution < 1.29 is 4.79 Å². The molecule has 0 radical (unpaired) electrons. The molecule has 1 aromatic carbocycles. The van der Waals surface area contributed by atoms with Gasteiger partial charge in [0.25, 0.3) is 5.91 Å². The van der Waals surface area contributed by atoms with Gasteiger partial charge in [0.1, 0.15) is 0 Å². The van der Waals surface area contributed by atoms with Crippen molar-refractivity contribution in [1.29, 1.82) is 0 Å². The number of benzene rings is 1. The summed E-state index contributed by atoms with van der Waals surface area (Å²) in [4.78, 5) is 16.5. The van der Waals surface area contributed by atoms with Crippen molar-refractivity contribution in [3.63, 3.8) is 0 Å². The predicted octanol–water partition coefficient (Wildman–Crippen LogP) is 4.45. The Bertz CT molecular complexity index is 1120. The van der Waals surface area contributed by atoms with Gasteiger partial charge in [0.2, 0.25) is 0 Å².